The topological polar surface area (TPSA) is 57.1 Å². The molecule has 2 N–H and O–H groups in total. The maximum Gasteiger partial charge on any atom is 0.193 e. The van der Waals surface area contributed by atoms with Gasteiger partial charge in [-0.15, -0.1) is 24.0 Å². The van der Waals surface area contributed by atoms with E-state index in [1.54, 1.807) is 7.11 Å². The lowest BCUT2D eigenvalue weighted by atomic mass is 10.0. The Bertz CT molecular complexity index is 320. The second-order valence-corrected chi connectivity index (χ2v) is 5.89. The summed E-state index contributed by atoms with van der Waals surface area (Å²) in [7, 11) is 3.57. The molecule has 2 rings (SSSR count). The molecule has 1 atom stereocenters. The van der Waals surface area contributed by atoms with Crippen LogP contribution in [0.2, 0.25) is 0 Å². The molecule has 0 aromatic carbocycles. The van der Waals surface area contributed by atoms with Crippen LogP contribution in [0.4, 0.5) is 0 Å². The van der Waals surface area contributed by atoms with Crippen molar-refractivity contribution in [2.75, 3.05) is 40.4 Å². The highest BCUT2D eigenvalue weighted by molar-refractivity contribution is 14.0. The van der Waals surface area contributed by atoms with Gasteiger partial charge >= 0.3 is 0 Å². The van der Waals surface area contributed by atoms with Gasteiger partial charge in [0, 0.05) is 39.7 Å². The molecule has 1 unspecified atom stereocenters. The molecule has 0 aromatic heterocycles. The predicted octanol–water partition coefficient (Wildman–Crippen LogP) is 1.45. The number of nitrogens with one attached hydrogen (secondary N) is 1. The van der Waals surface area contributed by atoms with E-state index in [1.807, 2.05) is 7.05 Å². The van der Waals surface area contributed by atoms with E-state index in [0.717, 1.165) is 57.8 Å². The molecule has 1 aliphatic heterocycles. The minimum atomic E-state index is -0.526. The summed E-state index contributed by atoms with van der Waals surface area (Å²) >= 11 is 0. The molecule has 2 aliphatic rings. The Morgan fingerprint density at radius 3 is 2.75 bits per heavy atom. The van der Waals surface area contributed by atoms with Gasteiger partial charge in [-0.1, -0.05) is 12.8 Å². The molecule has 1 heterocycles. The molecule has 118 valence electrons. The number of aliphatic hydroxyl groups is 1. The summed E-state index contributed by atoms with van der Waals surface area (Å²) in [6.45, 7) is 3.45. The van der Waals surface area contributed by atoms with Crippen molar-refractivity contribution in [1.29, 1.82) is 0 Å². The number of hydrogen-bond acceptors (Lipinski definition) is 3. The molecular weight excluding hydrogens is 369 g/mol. The standard InChI is InChI=1S/C14H27N3O2.HI/c1-15-13(16-11-14(18)6-3-4-7-14)17-8-5-12(9-17)10-19-2;/h12,18H,3-11H2,1-2H3,(H,15,16);1H. The molecule has 0 amide bonds. The van der Waals surface area contributed by atoms with Crippen LogP contribution in [0.15, 0.2) is 4.99 Å². The van der Waals surface area contributed by atoms with Crippen LogP contribution >= 0.6 is 24.0 Å². The maximum absolute atomic E-state index is 10.4. The van der Waals surface area contributed by atoms with E-state index in [9.17, 15) is 5.11 Å². The number of likely N-dealkylation sites (tertiary alicyclic amines) is 1. The summed E-state index contributed by atoms with van der Waals surface area (Å²) in [5.41, 5.74) is -0.526. The highest BCUT2D eigenvalue weighted by Gasteiger charge is 2.32. The smallest absolute Gasteiger partial charge is 0.193 e. The first-order chi connectivity index (χ1) is 9.17. The quantitative estimate of drug-likeness (QED) is 0.429. The maximum atomic E-state index is 10.4. The van der Waals surface area contributed by atoms with Gasteiger partial charge in [0.25, 0.3) is 0 Å². The number of methoxy groups -OCH3 is 1. The number of hydrogen-bond donors (Lipinski definition) is 2. The molecule has 6 heteroatoms. The molecule has 1 saturated heterocycles. The van der Waals surface area contributed by atoms with Crippen molar-refractivity contribution in [1.82, 2.24) is 10.2 Å². The van der Waals surface area contributed by atoms with Crippen LogP contribution < -0.4 is 5.32 Å². The number of nitrogens with zero attached hydrogens (tertiary/aromatic N) is 2. The molecule has 0 radical (unpaired) electrons. The molecule has 5 nitrogen and oxygen atoms in total. The van der Waals surface area contributed by atoms with E-state index in [2.05, 4.69) is 15.2 Å². The minimum Gasteiger partial charge on any atom is -0.388 e. The van der Waals surface area contributed by atoms with E-state index in [1.165, 1.54) is 0 Å². The Hall–Kier alpha value is -0.0800. The molecule has 0 spiro atoms. The fourth-order valence-electron chi connectivity index (χ4n) is 3.18. The van der Waals surface area contributed by atoms with Gasteiger partial charge in [-0.05, 0) is 19.3 Å². The monoisotopic (exact) mass is 397 g/mol. The fraction of sp³-hybridized carbons (Fsp3) is 0.929. The first-order valence-electron chi connectivity index (χ1n) is 7.34. The highest BCUT2D eigenvalue weighted by Crippen LogP contribution is 2.28. The molecule has 20 heavy (non-hydrogen) atoms. The van der Waals surface area contributed by atoms with Crippen LogP contribution in [0.3, 0.4) is 0 Å². The van der Waals surface area contributed by atoms with Crippen LogP contribution in [0.25, 0.3) is 0 Å². The summed E-state index contributed by atoms with van der Waals surface area (Å²) < 4.78 is 5.22. The van der Waals surface area contributed by atoms with E-state index in [4.69, 9.17) is 4.74 Å². The fourth-order valence-corrected chi connectivity index (χ4v) is 3.18. The van der Waals surface area contributed by atoms with Gasteiger partial charge in [0.1, 0.15) is 0 Å². The van der Waals surface area contributed by atoms with Gasteiger partial charge in [-0.25, -0.2) is 0 Å². The van der Waals surface area contributed by atoms with Gasteiger partial charge in [0.2, 0.25) is 0 Å². The van der Waals surface area contributed by atoms with Crippen LogP contribution in [0.5, 0.6) is 0 Å². The Morgan fingerprint density at radius 1 is 1.45 bits per heavy atom. The third-order valence-corrected chi connectivity index (χ3v) is 4.31. The van der Waals surface area contributed by atoms with E-state index in [-0.39, 0.29) is 24.0 Å². The van der Waals surface area contributed by atoms with Gasteiger partial charge < -0.3 is 20.1 Å². The lowest BCUT2D eigenvalue weighted by Gasteiger charge is -2.27. The molecule has 1 aliphatic carbocycles. The van der Waals surface area contributed by atoms with Crippen molar-refractivity contribution in [2.45, 2.75) is 37.7 Å². The molecule has 0 aromatic rings. The number of guanidine groups is 1. The third-order valence-electron chi connectivity index (χ3n) is 4.31. The first-order valence-corrected chi connectivity index (χ1v) is 7.34. The minimum absolute atomic E-state index is 0. The van der Waals surface area contributed by atoms with Crippen LogP contribution in [0.1, 0.15) is 32.1 Å². The predicted molar refractivity (Wildman–Crippen MR) is 91.8 cm³/mol. The zero-order valence-electron chi connectivity index (χ0n) is 12.6. The SMILES string of the molecule is CN=C(NCC1(O)CCCC1)N1CCC(COC)C1.I. The van der Waals surface area contributed by atoms with Crippen molar-refractivity contribution in [2.24, 2.45) is 10.9 Å². The van der Waals surface area contributed by atoms with Gasteiger partial charge in [-0.3, -0.25) is 4.99 Å². The van der Waals surface area contributed by atoms with Crippen LogP contribution in [0, 0.1) is 5.92 Å². The van der Waals surface area contributed by atoms with Crippen molar-refractivity contribution < 1.29 is 9.84 Å². The Kier molecular flexibility index (Phi) is 7.53. The summed E-state index contributed by atoms with van der Waals surface area (Å²) in [5.74, 6) is 1.51. The lowest BCUT2D eigenvalue weighted by Crippen LogP contribution is -2.47. The summed E-state index contributed by atoms with van der Waals surface area (Å²) in [6.07, 6.45) is 5.23. The summed E-state index contributed by atoms with van der Waals surface area (Å²) in [5, 5.41) is 13.7. The highest BCUT2D eigenvalue weighted by atomic mass is 127. The first kappa shape index (κ1) is 18.0. The van der Waals surface area contributed by atoms with Gasteiger partial charge in [0.05, 0.1) is 12.2 Å². The van der Waals surface area contributed by atoms with Gasteiger partial charge in [0.15, 0.2) is 5.96 Å². The van der Waals surface area contributed by atoms with Crippen molar-refractivity contribution in [3.8, 4) is 0 Å². The average molecular weight is 397 g/mol. The zero-order chi connectivity index (χ0) is 13.7. The van der Waals surface area contributed by atoms with Crippen molar-refractivity contribution in [3.05, 3.63) is 0 Å². The molecule has 0 bridgehead atoms. The zero-order valence-corrected chi connectivity index (χ0v) is 14.9. The normalized spacial score (nSPS) is 25.6. The lowest BCUT2D eigenvalue weighted by molar-refractivity contribution is 0.0516. The second kappa shape index (κ2) is 8.38. The van der Waals surface area contributed by atoms with Crippen LogP contribution in [-0.2, 0) is 4.74 Å². The average Bonchev–Trinajstić information content (AvgIpc) is 3.01. The van der Waals surface area contributed by atoms with Gasteiger partial charge in [-0.2, -0.15) is 0 Å². The second-order valence-electron chi connectivity index (χ2n) is 5.89. The summed E-state index contributed by atoms with van der Waals surface area (Å²) in [4.78, 5) is 6.60. The van der Waals surface area contributed by atoms with Crippen molar-refractivity contribution >= 4 is 29.9 Å². The Balaban J connectivity index is 0.00000200. The number of aliphatic imine (C=N–C) groups is 1. The van der Waals surface area contributed by atoms with E-state index >= 15 is 0 Å². The number of halogens is 1. The van der Waals surface area contributed by atoms with Crippen molar-refractivity contribution in [3.63, 3.8) is 0 Å². The Morgan fingerprint density at radius 2 is 2.15 bits per heavy atom. The number of rotatable bonds is 4. The van der Waals surface area contributed by atoms with E-state index in [0.29, 0.717) is 12.5 Å². The molecular formula is C14H28IN3O2. The largest absolute Gasteiger partial charge is 0.388 e. The molecule has 1 saturated carbocycles. The molecule has 2 fully saturated rings. The summed E-state index contributed by atoms with van der Waals surface area (Å²) in [6, 6.07) is 0. The van der Waals surface area contributed by atoms with Crippen LogP contribution in [-0.4, -0.2) is 62.0 Å². The third kappa shape index (κ3) is 4.73. The Labute approximate surface area is 139 Å². The van der Waals surface area contributed by atoms with E-state index < -0.39 is 5.60 Å². The number of ether oxygens (including phenoxy) is 1.